The molecule has 0 spiro atoms. The maximum atomic E-state index is 11.3. The molecule has 6 heteroatoms. The summed E-state index contributed by atoms with van der Waals surface area (Å²) in [7, 11) is 0. The molecule has 2 N–H and O–H groups in total. The molecule has 0 amide bonds. The zero-order valence-electron chi connectivity index (χ0n) is 12.6. The zero-order chi connectivity index (χ0) is 15.4. The Balaban J connectivity index is 1.63. The van der Waals surface area contributed by atoms with Gasteiger partial charge >= 0.3 is 0 Å². The number of rotatable bonds is 5. The van der Waals surface area contributed by atoms with Gasteiger partial charge < -0.3 is 15.0 Å². The van der Waals surface area contributed by atoms with Gasteiger partial charge in [0.2, 0.25) is 5.56 Å². The highest BCUT2D eigenvalue weighted by Crippen LogP contribution is 2.24. The van der Waals surface area contributed by atoms with Gasteiger partial charge in [0.25, 0.3) is 0 Å². The Bertz CT molecular complexity index is 693. The fraction of sp³-hybridized carbons (Fsp3) is 0.438. The van der Waals surface area contributed by atoms with Crippen molar-refractivity contribution in [2.45, 2.75) is 25.7 Å². The molecule has 3 rings (SSSR count). The Kier molecular flexibility index (Phi) is 4.48. The molecule has 0 aliphatic carbocycles. The van der Waals surface area contributed by atoms with Crippen molar-refractivity contribution >= 4 is 5.82 Å². The Labute approximate surface area is 129 Å². The summed E-state index contributed by atoms with van der Waals surface area (Å²) in [6.45, 7) is 4.15. The Hall–Kier alpha value is -2.21. The minimum Gasteiger partial charge on any atom is -0.381 e. The second-order valence-electron chi connectivity index (χ2n) is 5.50. The van der Waals surface area contributed by atoms with Crippen molar-refractivity contribution in [3.05, 3.63) is 51.8 Å². The smallest absolute Gasteiger partial charge is 0.248 e. The molecule has 1 aliphatic heterocycles. The lowest BCUT2D eigenvalue weighted by Gasteiger charge is -2.11. The van der Waals surface area contributed by atoms with E-state index in [1.54, 1.807) is 6.07 Å². The van der Waals surface area contributed by atoms with Crippen molar-refractivity contribution < 1.29 is 4.74 Å². The molecule has 1 saturated heterocycles. The number of anilines is 1. The van der Waals surface area contributed by atoms with Gasteiger partial charge in [0.1, 0.15) is 11.6 Å². The van der Waals surface area contributed by atoms with Crippen molar-refractivity contribution in [1.82, 2.24) is 15.0 Å². The first-order valence-electron chi connectivity index (χ1n) is 7.56. The molecule has 3 heterocycles. The highest BCUT2D eigenvalue weighted by molar-refractivity contribution is 5.37. The van der Waals surface area contributed by atoms with Gasteiger partial charge in [-0.2, -0.15) is 0 Å². The molecule has 1 fully saturated rings. The molecule has 2 aromatic heterocycles. The highest BCUT2D eigenvalue weighted by Gasteiger charge is 2.20. The van der Waals surface area contributed by atoms with Crippen molar-refractivity contribution in [2.24, 2.45) is 0 Å². The van der Waals surface area contributed by atoms with Crippen molar-refractivity contribution in [2.75, 3.05) is 25.1 Å². The predicted octanol–water partition coefficient (Wildman–Crippen LogP) is 1.63. The highest BCUT2D eigenvalue weighted by atomic mass is 16.5. The SMILES string of the molecule is Cc1nc(NCCc2cccc(=O)[nH]2)cc([C@@H]2CCOC2)n1. The second kappa shape index (κ2) is 6.70. The van der Waals surface area contributed by atoms with E-state index in [-0.39, 0.29) is 5.56 Å². The number of hydrogen-bond donors (Lipinski definition) is 2. The molecular weight excluding hydrogens is 280 g/mol. The molecule has 0 unspecified atom stereocenters. The monoisotopic (exact) mass is 300 g/mol. The third-order valence-electron chi connectivity index (χ3n) is 3.73. The summed E-state index contributed by atoms with van der Waals surface area (Å²) in [6, 6.07) is 7.19. The number of aromatic amines is 1. The summed E-state index contributed by atoms with van der Waals surface area (Å²) in [5.41, 5.74) is 1.88. The molecule has 6 nitrogen and oxygen atoms in total. The van der Waals surface area contributed by atoms with Crippen LogP contribution >= 0.6 is 0 Å². The number of nitrogens with zero attached hydrogens (tertiary/aromatic N) is 2. The van der Waals surface area contributed by atoms with Gasteiger partial charge in [-0.15, -0.1) is 0 Å². The van der Waals surface area contributed by atoms with Crippen LogP contribution in [0.5, 0.6) is 0 Å². The van der Waals surface area contributed by atoms with Crippen LogP contribution in [0, 0.1) is 6.92 Å². The van der Waals surface area contributed by atoms with Crippen LogP contribution in [0.4, 0.5) is 5.82 Å². The molecule has 1 atom stereocenters. The molecule has 22 heavy (non-hydrogen) atoms. The van der Waals surface area contributed by atoms with Gasteiger partial charge in [-0.05, 0) is 19.4 Å². The molecule has 0 aromatic carbocycles. The van der Waals surface area contributed by atoms with E-state index in [0.717, 1.165) is 49.1 Å². The maximum absolute atomic E-state index is 11.3. The van der Waals surface area contributed by atoms with Gasteiger partial charge in [-0.1, -0.05) is 6.07 Å². The molecule has 0 bridgehead atoms. The lowest BCUT2D eigenvalue weighted by atomic mass is 10.0. The normalized spacial score (nSPS) is 17.6. The number of nitrogens with one attached hydrogen (secondary N) is 2. The van der Waals surface area contributed by atoms with Gasteiger partial charge in [0.15, 0.2) is 0 Å². The molecule has 2 aromatic rings. The lowest BCUT2D eigenvalue weighted by Crippen LogP contribution is -2.13. The van der Waals surface area contributed by atoms with Crippen LogP contribution in [0.2, 0.25) is 0 Å². The number of H-pyrrole nitrogens is 1. The van der Waals surface area contributed by atoms with Crippen molar-refractivity contribution in [1.29, 1.82) is 0 Å². The van der Waals surface area contributed by atoms with E-state index in [9.17, 15) is 4.79 Å². The molecular formula is C16H20N4O2. The second-order valence-corrected chi connectivity index (χ2v) is 5.50. The number of aryl methyl sites for hydroxylation is 1. The predicted molar refractivity (Wildman–Crippen MR) is 84.2 cm³/mol. The average Bonchev–Trinajstić information content (AvgIpc) is 3.01. The minimum absolute atomic E-state index is 0.0705. The van der Waals surface area contributed by atoms with Crippen molar-refractivity contribution in [3.63, 3.8) is 0 Å². The lowest BCUT2D eigenvalue weighted by molar-refractivity contribution is 0.193. The van der Waals surface area contributed by atoms with Crippen LogP contribution in [0.1, 0.15) is 29.6 Å². The van der Waals surface area contributed by atoms with Crippen LogP contribution in [0.3, 0.4) is 0 Å². The largest absolute Gasteiger partial charge is 0.381 e. The first kappa shape index (κ1) is 14.7. The topological polar surface area (TPSA) is 79.9 Å². The van der Waals surface area contributed by atoms with Crippen LogP contribution in [0.25, 0.3) is 0 Å². The summed E-state index contributed by atoms with van der Waals surface area (Å²) in [5.74, 6) is 1.96. The Morgan fingerprint density at radius 3 is 3.09 bits per heavy atom. The fourth-order valence-electron chi connectivity index (χ4n) is 2.62. The first-order chi connectivity index (χ1) is 10.7. The van der Waals surface area contributed by atoms with Crippen LogP contribution in [0.15, 0.2) is 29.1 Å². The van der Waals surface area contributed by atoms with Gasteiger partial charge in [-0.3, -0.25) is 4.79 Å². The van der Waals surface area contributed by atoms with Crippen LogP contribution in [-0.4, -0.2) is 34.7 Å². The van der Waals surface area contributed by atoms with E-state index >= 15 is 0 Å². The number of hydrogen-bond acceptors (Lipinski definition) is 5. The van der Waals surface area contributed by atoms with E-state index < -0.39 is 0 Å². The number of ether oxygens (including phenoxy) is 1. The third kappa shape index (κ3) is 3.71. The summed E-state index contributed by atoms with van der Waals surface area (Å²) in [5, 5.41) is 3.30. The summed E-state index contributed by atoms with van der Waals surface area (Å²) < 4.78 is 5.43. The molecule has 116 valence electrons. The van der Waals surface area contributed by atoms with E-state index in [1.165, 1.54) is 6.07 Å². The molecule has 0 radical (unpaired) electrons. The Morgan fingerprint density at radius 2 is 2.32 bits per heavy atom. The first-order valence-corrected chi connectivity index (χ1v) is 7.56. The minimum atomic E-state index is -0.0705. The standard InChI is InChI=1S/C16H20N4O2/c1-11-18-14(12-6-8-22-10-12)9-15(19-11)17-7-5-13-3-2-4-16(21)20-13/h2-4,9,12H,5-8,10H2,1H3,(H,20,21)(H,17,18,19)/t12-/m1/s1. The average molecular weight is 300 g/mol. The quantitative estimate of drug-likeness (QED) is 0.877. The van der Waals surface area contributed by atoms with Crippen LogP contribution in [-0.2, 0) is 11.2 Å². The number of aromatic nitrogens is 3. The summed E-state index contributed by atoms with van der Waals surface area (Å²) in [4.78, 5) is 23.0. The van der Waals surface area contributed by atoms with E-state index in [2.05, 4.69) is 20.3 Å². The molecule has 1 aliphatic rings. The van der Waals surface area contributed by atoms with Gasteiger partial charge in [-0.25, -0.2) is 9.97 Å². The van der Waals surface area contributed by atoms with E-state index in [4.69, 9.17) is 4.74 Å². The third-order valence-corrected chi connectivity index (χ3v) is 3.73. The number of pyridine rings is 1. The fourth-order valence-corrected chi connectivity index (χ4v) is 2.62. The van der Waals surface area contributed by atoms with Gasteiger partial charge in [0, 0.05) is 43.3 Å². The van der Waals surface area contributed by atoms with Gasteiger partial charge in [0.05, 0.1) is 12.3 Å². The molecule has 0 saturated carbocycles. The Morgan fingerprint density at radius 1 is 1.41 bits per heavy atom. The van der Waals surface area contributed by atoms with Crippen molar-refractivity contribution in [3.8, 4) is 0 Å². The summed E-state index contributed by atoms with van der Waals surface area (Å²) >= 11 is 0. The van der Waals surface area contributed by atoms with E-state index in [1.807, 2.05) is 19.1 Å². The zero-order valence-corrected chi connectivity index (χ0v) is 12.6. The maximum Gasteiger partial charge on any atom is 0.248 e. The van der Waals surface area contributed by atoms with Crippen LogP contribution < -0.4 is 10.9 Å². The summed E-state index contributed by atoms with van der Waals surface area (Å²) in [6.07, 6.45) is 1.75. The van der Waals surface area contributed by atoms with E-state index in [0.29, 0.717) is 12.5 Å².